The molecular weight excluding hydrogens is 550 g/mol. The molecule has 0 aliphatic heterocycles. The van der Waals surface area contributed by atoms with E-state index >= 15 is 0 Å². The van der Waals surface area contributed by atoms with Crippen molar-refractivity contribution in [2.45, 2.75) is 77.4 Å². The van der Waals surface area contributed by atoms with Crippen molar-refractivity contribution in [2.24, 2.45) is 0 Å². The Bertz CT molecular complexity index is 1440. The molecule has 1 N–H and O–H groups in total. The number of carbonyl (C=O) groups is 2. The summed E-state index contributed by atoms with van der Waals surface area (Å²) < 4.78 is 34.7. The van der Waals surface area contributed by atoms with Crippen molar-refractivity contribution >= 4 is 27.5 Å². The second-order valence-electron chi connectivity index (χ2n) is 10.4. The predicted octanol–water partition coefficient (Wildman–Crippen LogP) is 5.48. The summed E-state index contributed by atoms with van der Waals surface area (Å²) in [7, 11) is -2.54. The Balaban J connectivity index is 2.09. The molecule has 2 amide bonds. The van der Waals surface area contributed by atoms with E-state index in [0.29, 0.717) is 24.3 Å². The monoisotopic (exact) mass is 593 g/mol. The lowest BCUT2D eigenvalue weighted by molar-refractivity contribution is -0.140. The van der Waals surface area contributed by atoms with E-state index in [0.717, 1.165) is 23.1 Å². The first kappa shape index (κ1) is 32.7. The third kappa shape index (κ3) is 7.91. The molecule has 0 aromatic heterocycles. The Morgan fingerprint density at radius 1 is 0.905 bits per heavy atom. The average Bonchev–Trinajstić information content (AvgIpc) is 2.99. The van der Waals surface area contributed by atoms with Crippen LogP contribution in [0.4, 0.5) is 5.69 Å². The summed E-state index contributed by atoms with van der Waals surface area (Å²) in [5.74, 6) is -0.0705. The van der Waals surface area contributed by atoms with Crippen molar-refractivity contribution in [3.63, 3.8) is 0 Å². The molecule has 8 nitrogen and oxygen atoms in total. The van der Waals surface area contributed by atoms with Gasteiger partial charge >= 0.3 is 0 Å². The minimum Gasteiger partial charge on any atom is -0.497 e. The maximum absolute atomic E-state index is 14.3. The summed E-state index contributed by atoms with van der Waals surface area (Å²) in [6.45, 7) is 9.24. The zero-order chi connectivity index (χ0) is 30.9. The van der Waals surface area contributed by atoms with Gasteiger partial charge < -0.3 is 15.0 Å². The van der Waals surface area contributed by atoms with Crippen molar-refractivity contribution in [1.82, 2.24) is 10.2 Å². The maximum atomic E-state index is 14.3. The summed E-state index contributed by atoms with van der Waals surface area (Å²) in [6.07, 6.45) is 1.68. The van der Waals surface area contributed by atoms with Gasteiger partial charge in [-0.3, -0.25) is 13.9 Å². The number of hydrogen-bond donors (Lipinski definition) is 1. The molecule has 9 heteroatoms. The lowest BCUT2D eigenvalue weighted by atomic mass is 10.1. The summed E-state index contributed by atoms with van der Waals surface area (Å²) in [6, 6.07) is 20.2. The van der Waals surface area contributed by atoms with E-state index in [-0.39, 0.29) is 23.4 Å². The van der Waals surface area contributed by atoms with E-state index in [1.165, 1.54) is 9.21 Å². The SMILES string of the molecule is CCc1ccccc1N(CC(=O)N(Cc1ccc(OC)cc1)[C@@H](CC)C(=O)N[C@H](C)CC)S(=O)(=O)c1ccc(C)cc1. The molecule has 0 fully saturated rings. The number of amides is 2. The summed E-state index contributed by atoms with van der Waals surface area (Å²) in [5.41, 5.74) is 2.95. The van der Waals surface area contributed by atoms with Gasteiger partial charge in [-0.05, 0) is 74.6 Å². The zero-order valence-electron chi connectivity index (χ0n) is 25.5. The molecular formula is C33H43N3O5S. The Morgan fingerprint density at radius 3 is 2.12 bits per heavy atom. The van der Waals surface area contributed by atoms with Crippen molar-refractivity contribution in [1.29, 1.82) is 0 Å². The largest absolute Gasteiger partial charge is 0.497 e. The number of nitrogens with zero attached hydrogens (tertiary/aromatic N) is 2. The van der Waals surface area contributed by atoms with E-state index in [1.807, 2.05) is 58.9 Å². The lowest BCUT2D eigenvalue weighted by Crippen LogP contribution is -2.53. The molecule has 0 aliphatic carbocycles. The van der Waals surface area contributed by atoms with Crippen LogP contribution in [0.3, 0.4) is 0 Å². The van der Waals surface area contributed by atoms with E-state index in [1.54, 1.807) is 55.6 Å². The van der Waals surface area contributed by atoms with E-state index in [9.17, 15) is 18.0 Å². The van der Waals surface area contributed by atoms with Crippen molar-refractivity contribution in [3.05, 3.63) is 89.5 Å². The molecule has 0 spiro atoms. The highest BCUT2D eigenvalue weighted by Gasteiger charge is 2.34. The number of methoxy groups -OCH3 is 1. The van der Waals surface area contributed by atoms with Crippen LogP contribution in [0, 0.1) is 6.92 Å². The van der Waals surface area contributed by atoms with Crippen molar-refractivity contribution in [2.75, 3.05) is 18.0 Å². The predicted molar refractivity (Wildman–Crippen MR) is 167 cm³/mol. The van der Waals surface area contributed by atoms with Gasteiger partial charge in [0.15, 0.2) is 0 Å². The van der Waals surface area contributed by atoms with Crippen LogP contribution in [0.5, 0.6) is 5.75 Å². The molecule has 0 bridgehead atoms. The second-order valence-corrected chi connectivity index (χ2v) is 12.3. The summed E-state index contributed by atoms with van der Waals surface area (Å²) >= 11 is 0. The molecule has 0 aliphatic rings. The number of aryl methyl sites for hydroxylation is 2. The van der Waals surface area contributed by atoms with Gasteiger partial charge in [-0.2, -0.15) is 0 Å². The van der Waals surface area contributed by atoms with Gasteiger partial charge in [0, 0.05) is 12.6 Å². The third-order valence-corrected chi connectivity index (χ3v) is 9.20. The van der Waals surface area contributed by atoms with Crippen molar-refractivity contribution < 1.29 is 22.7 Å². The van der Waals surface area contributed by atoms with Crippen LogP contribution < -0.4 is 14.4 Å². The average molecular weight is 594 g/mol. The van der Waals surface area contributed by atoms with Gasteiger partial charge in [0.2, 0.25) is 11.8 Å². The minimum absolute atomic E-state index is 0.0701. The normalized spacial score (nSPS) is 12.7. The first-order valence-corrected chi connectivity index (χ1v) is 15.9. The Morgan fingerprint density at radius 2 is 1.55 bits per heavy atom. The molecule has 0 saturated carbocycles. The molecule has 3 aromatic rings. The van der Waals surface area contributed by atoms with Crippen LogP contribution in [0.1, 0.15) is 57.2 Å². The second kappa shape index (κ2) is 14.9. The van der Waals surface area contributed by atoms with Gasteiger partial charge in [-0.15, -0.1) is 0 Å². The minimum atomic E-state index is -4.12. The van der Waals surface area contributed by atoms with Crippen LogP contribution in [0.2, 0.25) is 0 Å². The number of anilines is 1. The van der Waals surface area contributed by atoms with Crippen molar-refractivity contribution in [3.8, 4) is 5.75 Å². The fourth-order valence-electron chi connectivity index (χ4n) is 4.69. The number of sulfonamides is 1. The number of nitrogens with one attached hydrogen (secondary N) is 1. The molecule has 226 valence electrons. The number of rotatable bonds is 14. The molecule has 42 heavy (non-hydrogen) atoms. The van der Waals surface area contributed by atoms with Gasteiger partial charge in [-0.1, -0.05) is 68.8 Å². The number of benzene rings is 3. The van der Waals surface area contributed by atoms with Crippen LogP contribution >= 0.6 is 0 Å². The number of ether oxygens (including phenoxy) is 1. The van der Waals surface area contributed by atoms with Crippen LogP contribution in [-0.4, -0.2) is 50.9 Å². The first-order valence-electron chi connectivity index (χ1n) is 14.5. The van der Waals surface area contributed by atoms with E-state index in [2.05, 4.69) is 5.32 Å². The Labute approximate surface area is 250 Å². The standard InChI is InChI=1S/C33H43N3O5S/c1-7-25(5)34-33(38)30(9-3)35(22-26-16-18-28(41-6)19-17-26)32(37)23-36(31-13-11-10-12-27(31)8-2)42(39,40)29-20-14-24(4)15-21-29/h10-21,25,30H,7-9,22-23H2,1-6H3,(H,34,38)/t25-,30+/m1/s1. The van der Waals surface area contributed by atoms with Gasteiger partial charge in [0.1, 0.15) is 18.3 Å². The van der Waals surface area contributed by atoms with Crippen LogP contribution in [-0.2, 0) is 32.6 Å². The number of para-hydroxylation sites is 1. The molecule has 3 rings (SSSR count). The summed E-state index contributed by atoms with van der Waals surface area (Å²) in [4.78, 5) is 29.3. The van der Waals surface area contributed by atoms with Gasteiger partial charge in [0.05, 0.1) is 17.7 Å². The first-order chi connectivity index (χ1) is 20.0. The number of hydrogen-bond acceptors (Lipinski definition) is 5. The molecule has 0 heterocycles. The smallest absolute Gasteiger partial charge is 0.264 e. The fraction of sp³-hybridized carbons (Fsp3) is 0.394. The molecule has 3 aromatic carbocycles. The lowest BCUT2D eigenvalue weighted by Gasteiger charge is -2.34. The maximum Gasteiger partial charge on any atom is 0.264 e. The Hall–Kier alpha value is -3.85. The third-order valence-electron chi connectivity index (χ3n) is 7.43. The molecule has 0 unspecified atom stereocenters. The molecule has 0 saturated heterocycles. The number of carbonyl (C=O) groups excluding carboxylic acids is 2. The van der Waals surface area contributed by atoms with Crippen LogP contribution in [0.15, 0.2) is 77.7 Å². The molecule has 0 radical (unpaired) electrons. The Kier molecular flexibility index (Phi) is 11.6. The fourth-order valence-corrected chi connectivity index (χ4v) is 6.14. The quantitative estimate of drug-likeness (QED) is 0.267. The zero-order valence-corrected chi connectivity index (χ0v) is 26.3. The topological polar surface area (TPSA) is 96.0 Å². The van der Waals surface area contributed by atoms with Crippen LogP contribution in [0.25, 0.3) is 0 Å². The highest BCUT2D eigenvalue weighted by atomic mass is 32.2. The van der Waals surface area contributed by atoms with Gasteiger partial charge in [0.25, 0.3) is 10.0 Å². The molecule has 2 atom stereocenters. The summed E-state index contributed by atoms with van der Waals surface area (Å²) in [5, 5.41) is 3.00. The van der Waals surface area contributed by atoms with E-state index < -0.39 is 28.5 Å². The van der Waals surface area contributed by atoms with E-state index in [4.69, 9.17) is 4.74 Å². The highest BCUT2D eigenvalue weighted by molar-refractivity contribution is 7.92. The highest BCUT2D eigenvalue weighted by Crippen LogP contribution is 2.28. The van der Waals surface area contributed by atoms with Gasteiger partial charge in [-0.25, -0.2) is 8.42 Å².